The van der Waals surface area contributed by atoms with Crippen molar-refractivity contribution in [3.05, 3.63) is 36.3 Å². The summed E-state index contributed by atoms with van der Waals surface area (Å²) < 4.78 is 0. The Morgan fingerprint density at radius 1 is 1.41 bits per heavy atom. The van der Waals surface area contributed by atoms with E-state index in [0.717, 1.165) is 23.2 Å². The van der Waals surface area contributed by atoms with Gasteiger partial charge in [0.2, 0.25) is 5.91 Å². The minimum atomic E-state index is 0.0847. The monoisotopic (exact) mass is 301 g/mol. The molecular formula is C16H23N5O. The zero-order chi connectivity index (χ0) is 15.8. The molecule has 2 aromatic heterocycles. The molecule has 118 valence electrons. The number of aromatic amines is 1. The van der Waals surface area contributed by atoms with E-state index in [2.05, 4.69) is 32.7 Å². The van der Waals surface area contributed by atoms with E-state index in [1.165, 1.54) is 0 Å². The number of carbonyl (C=O) groups is 1. The van der Waals surface area contributed by atoms with Crippen molar-refractivity contribution in [2.75, 3.05) is 6.54 Å². The highest BCUT2D eigenvalue weighted by atomic mass is 16.1. The van der Waals surface area contributed by atoms with Gasteiger partial charge < -0.3 is 10.6 Å². The fraction of sp³-hybridized carbons (Fsp3) is 0.438. The fourth-order valence-corrected chi connectivity index (χ4v) is 2.08. The molecule has 0 radical (unpaired) electrons. The predicted molar refractivity (Wildman–Crippen MR) is 86.0 cm³/mol. The molecule has 0 saturated heterocycles. The van der Waals surface area contributed by atoms with Crippen LogP contribution in [0.1, 0.15) is 32.3 Å². The van der Waals surface area contributed by atoms with E-state index < -0.39 is 0 Å². The van der Waals surface area contributed by atoms with Gasteiger partial charge in [-0.3, -0.25) is 14.9 Å². The van der Waals surface area contributed by atoms with Gasteiger partial charge in [-0.25, -0.2) is 0 Å². The molecule has 2 aromatic rings. The lowest BCUT2D eigenvalue weighted by molar-refractivity contribution is -0.121. The van der Waals surface area contributed by atoms with Gasteiger partial charge in [-0.15, -0.1) is 0 Å². The zero-order valence-electron chi connectivity index (χ0n) is 13.1. The maximum Gasteiger partial charge on any atom is 0.221 e. The van der Waals surface area contributed by atoms with E-state index >= 15 is 0 Å². The molecular weight excluding hydrogens is 278 g/mol. The molecule has 0 aromatic carbocycles. The minimum absolute atomic E-state index is 0.0847. The van der Waals surface area contributed by atoms with Gasteiger partial charge >= 0.3 is 0 Å². The predicted octanol–water partition coefficient (Wildman–Crippen LogP) is 1.87. The van der Waals surface area contributed by atoms with Gasteiger partial charge in [-0.05, 0) is 25.5 Å². The molecule has 0 fully saturated rings. The lowest BCUT2D eigenvalue weighted by Gasteiger charge is -2.11. The number of amides is 1. The number of H-pyrrole nitrogens is 1. The molecule has 2 rings (SSSR count). The van der Waals surface area contributed by atoms with Crippen LogP contribution >= 0.6 is 0 Å². The van der Waals surface area contributed by atoms with Crippen molar-refractivity contribution in [3.8, 4) is 11.3 Å². The van der Waals surface area contributed by atoms with Crippen molar-refractivity contribution in [1.82, 2.24) is 25.8 Å². The SMILES string of the molecule is CCC(C)NC(=O)CCNCc1cn[nH]c1-c1cccnc1. The third-order valence-corrected chi connectivity index (χ3v) is 3.53. The summed E-state index contributed by atoms with van der Waals surface area (Å²) in [4.78, 5) is 15.8. The Bertz CT molecular complexity index is 581. The lowest BCUT2D eigenvalue weighted by atomic mass is 10.1. The van der Waals surface area contributed by atoms with Crippen LogP contribution in [0.3, 0.4) is 0 Å². The maximum atomic E-state index is 11.7. The smallest absolute Gasteiger partial charge is 0.221 e. The molecule has 1 atom stereocenters. The average Bonchev–Trinajstić information content (AvgIpc) is 3.00. The summed E-state index contributed by atoms with van der Waals surface area (Å²) in [5.41, 5.74) is 3.03. The van der Waals surface area contributed by atoms with Crippen molar-refractivity contribution in [3.63, 3.8) is 0 Å². The fourth-order valence-electron chi connectivity index (χ4n) is 2.08. The first-order chi connectivity index (χ1) is 10.7. The number of rotatable bonds is 8. The number of aromatic nitrogens is 3. The largest absolute Gasteiger partial charge is 0.354 e. The Morgan fingerprint density at radius 2 is 2.27 bits per heavy atom. The molecule has 6 heteroatoms. The van der Waals surface area contributed by atoms with Crippen LogP contribution in [0.25, 0.3) is 11.3 Å². The summed E-state index contributed by atoms with van der Waals surface area (Å²) in [5.74, 6) is 0.0847. The zero-order valence-corrected chi connectivity index (χ0v) is 13.1. The molecule has 3 N–H and O–H groups in total. The van der Waals surface area contributed by atoms with Gasteiger partial charge in [0.1, 0.15) is 0 Å². The summed E-state index contributed by atoms with van der Waals surface area (Å²) in [7, 11) is 0. The van der Waals surface area contributed by atoms with Crippen molar-refractivity contribution in [2.45, 2.75) is 39.3 Å². The third-order valence-electron chi connectivity index (χ3n) is 3.53. The van der Waals surface area contributed by atoms with E-state index in [1.54, 1.807) is 18.6 Å². The number of hydrogen-bond donors (Lipinski definition) is 3. The summed E-state index contributed by atoms with van der Waals surface area (Å²) in [6.07, 6.45) is 6.77. The van der Waals surface area contributed by atoms with Crippen LogP contribution in [0.15, 0.2) is 30.7 Å². The van der Waals surface area contributed by atoms with Gasteiger partial charge in [-0.2, -0.15) is 5.10 Å². The van der Waals surface area contributed by atoms with Crippen LogP contribution in [0.5, 0.6) is 0 Å². The molecule has 1 unspecified atom stereocenters. The van der Waals surface area contributed by atoms with Gasteiger partial charge in [0, 0.05) is 49.1 Å². The minimum Gasteiger partial charge on any atom is -0.354 e. The average molecular weight is 301 g/mol. The standard InChI is InChI=1S/C16H23N5O/c1-3-12(2)20-15(22)6-8-18-10-14-11-19-21-16(14)13-5-4-7-17-9-13/h4-5,7,9,11-12,18H,3,6,8,10H2,1-2H3,(H,19,21)(H,20,22). The maximum absolute atomic E-state index is 11.7. The van der Waals surface area contributed by atoms with Crippen molar-refractivity contribution in [1.29, 1.82) is 0 Å². The summed E-state index contributed by atoms with van der Waals surface area (Å²) in [6, 6.07) is 4.12. The number of pyridine rings is 1. The highest BCUT2D eigenvalue weighted by Crippen LogP contribution is 2.19. The first kappa shape index (κ1) is 16.2. The third kappa shape index (κ3) is 4.66. The van der Waals surface area contributed by atoms with Crippen LogP contribution in [0.2, 0.25) is 0 Å². The van der Waals surface area contributed by atoms with Crippen LogP contribution in [0, 0.1) is 0 Å². The molecule has 2 heterocycles. The Hall–Kier alpha value is -2.21. The second-order valence-electron chi connectivity index (χ2n) is 5.32. The Morgan fingerprint density at radius 3 is 3.00 bits per heavy atom. The van der Waals surface area contributed by atoms with E-state index in [-0.39, 0.29) is 11.9 Å². The van der Waals surface area contributed by atoms with E-state index in [1.807, 2.05) is 19.1 Å². The molecule has 0 bridgehead atoms. The second kappa shape index (κ2) is 8.29. The lowest BCUT2D eigenvalue weighted by Crippen LogP contribution is -2.33. The summed E-state index contributed by atoms with van der Waals surface area (Å²) in [6.45, 7) is 5.37. The second-order valence-corrected chi connectivity index (χ2v) is 5.32. The number of hydrogen-bond acceptors (Lipinski definition) is 4. The summed E-state index contributed by atoms with van der Waals surface area (Å²) in [5, 5.41) is 13.3. The van der Waals surface area contributed by atoms with Gasteiger partial charge in [0.05, 0.1) is 11.9 Å². The van der Waals surface area contributed by atoms with Crippen molar-refractivity contribution < 1.29 is 4.79 Å². The number of nitrogens with zero attached hydrogens (tertiary/aromatic N) is 2. The molecule has 0 aliphatic rings. The van der Waals surface area contributed by atoms with Crippen LogP contribution < -0.4 is 10.6 Å². The molecule has 0 aliphatic carbocycles. The van der Waals surface area contributed by atoms with Gasteiger partial charge in [-0.1, -0.05) is 6.92 Å². The Labute approximate surface area is 130 Å². The first-order valence-electron chi connectivity index (χ1n) is 7.63. The quantitative estimate of drug-likeness (QED) is 0.650. The van der Waals surface area contributed by atoms with Crippen LogP contribution in [-0.2, 0) is 11.3 Å². The normalized spacial score (nSPS) is 12.1. The van der Waals surface area contributed by atoms with E-state index in [4.69, 9.17) is 0 Å². The summed E-state index contributed by atoms with van der Waals surface area (Å²) >= 11 is 0. The highest BCUT2D eigenvalue weighted by molar-refractivity contribution is 5.76. The van der Waals surface area contributed by atoms with Crippen molar-refractivity contribution in [2.24, 2.45) is 0 Å². The highest BCUT2D eigenvalue weighted by Gasteiger charge is 2.08. The molecule has 22 heavy (non-hydrogen) atoms. The van der Waals surface area contributed by atoms with Gasteiger partial charge in [0.25, 0.3) is 0 Å². The Balaban J connectivity index is 1.79. The number of nitrogens with one attached hydrogen (secondary N) is 3. The molecule has 0 spiro atoms. The van der Waals surface area contributed by atoms with Crippen LogP contribution in [0.4, 0.5) is 0 Å². The van der Waals surface area contributed by atoms with Crippen molar-refractivity contribution >= 4 is 5.91 Å². The van der Waals surface area contributed by atoms with E-state index in [9.17, 15) is 4.79 Å². The van der Waals surface area contributed by atoms with Gasteiger partial charge in [0.15, 0.2) is 0 Å². The van der Waals surface area contributed by atoms with Crippen LogP contribution in [-0.4, -0.2) is 33.7 Å². The molecule has 1 amide bonds. The molecule has 0 saturated carbocycles. The Kier molecular flexibility index (Phi) is 6.09. The topological polar surface area (TPSA) is 82.7 Å². The molecule has 0 aliphatic heterocycles. The number of carbonyl (C=O) groups excluding carboxylic acids is 1. The molecule has 6 nitrogen and oxygen atoms in total. The first-order valence-corrected chi connectivity index (χ1v) is 7.63. The van der Waals surface area contributed by atoms with E-state index in [0.29, 0.717) is 19.5 Å².